The second-order valence-electron chi connectivity index (χ2n) is 26.1. The van der Waals surface area contributed by atoms with Crippen molar-refractivity contribution in [2.45, 2.75) is 109 Å². The number of benzene rings is 2. The van der Waals surface area contributed by atoms with Crippen LogP contribution in [0.25, 0.3) is 22.3 Å². The van der Waals surface area contributed by atoms with Gasteiger partial charge in [0.1, 0.15) is 37.8 Å². The molecular formula is C74H98FN11O23. The molecule has 109 heavy (non-hydrogen) atoms. The molecule has 2 aromatic heterocycles. The van der Waals surface area contributed by atoms with Crippen LogP contribution in [-0.4, -0.2) is 249 Å². The van der Waals surface area contributed by atoms with Crippen LogP contribution in [0.3, 0.4) is 0 Å². The average molecular weight is 1530 g/mol. The number of nitrogens with zero attached hydrogens (tertiary/aromatic N) is 3. The number of unbranched alkanes of at least 4 members (excludes halogenated alkanes) is 2. The van der Waals surface area contributed by atoms with Gasteiger partial charge >= 0.3 is 5.97 Å². The topological polar surface area (TPSA) is 435 Å². The Kier molecular flexibility index (Phi) is 35.0. The Morgan fingerprint density at radius 1 is 0.624 bits per heavy atom. The molecule has 34 nitrogen and oxygen atoms in total. The molecule has 1 fully saturated rings. The van der Waals surface area contributed by atoms with Crippen LogP contribution in [0.2, 0.25) is 0 Å². The summed E-state index contributed by atoms with van der Waals surface area (Å²) < 4.78 is 70.5. The summed E-state index contributed by atoms with van der Waals surface area (Å²) in [6, 6.07) is 10.6. The predicted octanol–water partition coefficient (Wildman–Crippen LogP) is -0.671. The lowest BCUT2D eigenvalue weighted by Gasteiger charge is -2.32. The highest BCUT2D eigenvalue weighted by Crippen LogP contribution is 2.46. The van der Waals surface area contributed by atoms with Crippen molar-refractivity contribution in [3.8, 4) is 11.4 Å². The van der Waals surface area contributed by atoms with Gasteiger partial charge in [-0.25, -0.2) is 14.2 Å². The molecule has 594 valence electrons. The molecule has 1 saturated carbocycles. The first-order valence-corrected chi connectivity index (χ1v) is 36.4. The van der Waals surface area contributed by atoms with Gasteiger partial charge in [-0.05, 0) is 67.3 Å². The van der Waals surface area contributed by atoms with E-state index in [9.17, 15) is 62.6 Å². The molecule has 2 aromatic carbocycles. The number of hydrogen-bond acceptors (Lipinski definition) is 24. The standard InChI is InChI=1S/C74H98FN11O23/c1-48-35-51-52(53-44-86-60(69(53)84-58(51)38-56(48)75)37-55-54(72(86)97)45-109-73(98)74(55,99)39-50-12-13-50)40-77-66(92)46-108-47-81-64(90)42-80-71(96)59(36-49-9-5-3-6-10-49)83-65(91)43-79-63(89)41-78-61(87)15-14-57(82-62(88)11-7-4-8-19-85-67(93)16-17-68(85)94)70(95)76-18-20-101-23-24-103-27-28-105-31-32-107-34-33-106-30-29-104-26-25-102-22-21-100-2/h3,5-6,9-10,16-17,35,37-38,50,57,59,99H,4,7-8,11-15,18-34,36,39-47H2,1-2H3,(H,76,95)(H,77,92)(H,78,87)(H,79,89)(H,80,96)(H,81,90)(H,82,88)(H,83,91)/t57-,59-,74-/m0/s1. The lowest BCUT2D eigenvalue weighted by Crippen LogP contribution is -2.52. The van der Waals surface area contributed by atoms with Gasteiger partial charge < -0.3 is 99.6 Å². The maximum atomic E-state index is 15.1. The van der Waals surface area contributed by atoms with Gasteiger partial charge in [0.25, 0.3) is 17.4 Å². The first-order chi connectivity index (χ1) is 52.7. The number of aryl methyl sites for hydroxylation is 1. The highest BCUT2D eigenvalue weighted by Gasteiger charge is 2.50. The third kappa shape index (κ3) is 27.5. The lowest BCUT2D eigenvalue weighted by atomic mass is 9.84. The fraction of sp³-hybridized carbons (Fsp3) is 0.554. The van der Waals surface area contributed by atoms with E-state index in [2.05, 4.69) is 42.5 Å². The van der Waals surface area contributed by atoms with Crippen LogP contribution in [0.5, 0.6) is 0 Å². The number of carbonyl (C=O) groups is 11. The fourth-order valence-corrected chi connectivity index (χ4v) is 11.9. The summed E-state index contributed by atoms with van der Waals surface area (Å²) in [4.78, 5) is 162. The number of hydrogen-bond donors (Lipinski definition) is 9. The van der Waals surface area contributed by atoms with Crippen LogP contribution in [-0.2, 0) is 132 Å². The van der Waals surface area contributed by atoms with Crippen LogP contribution in [0.15, 0.2) is 65.5 Å². The number of carbonyl (C=O) groups excluding carboxylic acids is 11. The number of fused-ring (bicyclic) bond motifs is 5. The van der Waals surface area contributed by atoms with Crippen molar-refractivity contribution in [1.29, 1.82) is 0 Å². The molecule has 0 radical (unpaired) electrons. The zero-order valence-electron chi connectivity index (χ0n) is 61.4. The second kappa shape index (κ2) is 44.8. The Morgan fingerprint density at radius 3 is 1.85 bits per heavy atom. The largest absolute Gasteiger partial charge is 0.458 e. The van der Waals surface area contributed by atoms with Crippen LogP contribution >= 0.6 is 0 Å². The molecule has 9 N–H and O–H groups in total. The van der Waals surface area contributed by atoms with Gasteiger partial charge in [-0.15, -0.1) is 0 Å². The smallest absolute Gasteiger partial charge is 0.343 e. The van der Waals surface area contributed by atoms with Crippen molar-refractivity contribution in [2.24, 2.45) is 5.92 Å². The molecular weight excluding hydrogens is 1430 g/mol. The molecule has 8 rings (SSSR count). The number of aromatic nitrogens is 2. The van der Waals surface area contributed by atoms with E-state index in [1.54, 1.807) is 56.5 Å². The van der Waals surface area contributed by atoms with Crippen molar-refractivity contribution >= 4 is 75.9 Å². The monoisotopic (exact) mass is 1530 g/mol. The highest BCUT2D eigenvalue weighted by molar-refractivity contribution is 6.12. The summed E-state index contributed by atoms with van der Waals surface area (Å²) in [5.41, 5.74) is 0.671. The highest BCUT2D eigenvalue weighted by atomic mass is 19.1. The minimum atomic E-state index is -2.03. The number of imide groups is 1. The molecule has 0 bridgehead atoms. The van der Waals surface area contributed by atoms with Gasteiger partial charge in [0.05, 0.1) is 148 Å². The molecule has 4 aromatic rings. The van der Waals surface area contributed by atoms with Crippen LogP contribution < -0.4 is 48.1 Å². The van der Waals surface area contributed by atoms with E-state index < -0.39 is 127 Å². The number of esters is 1. The van der Waals surface area contributed by atoms with Crippen LogP contribution in [0, 0.1) is 18.7 Å². The number of ether oxygens (including phenoxy) is 10. The number of amides is 10. The lowest BCUT2D eigenvalue weighted by molar-refractivity contribution is -0.173. The van der Waals surface area contributed by atoms with Gasteiger partial charge in [-0.2, -0.15) is 0 Å². The number of pyridine rings is 2. The van der Waals surface area contributed by atoms with E-state index >= 15 is 4.39 Å². The normalized spacial score (nSPS) is 15.3. The van der Waals surface area contributed by atoms with Crippen molar-refractivity contribution in [1.82, 2.24) is 57.0 Å². The number of nitrogens with one attached hydrogen (secondary N) is 8. The SMILES string of the molecule is COCCOCCOCCOCCOCCOCCOCCOCCNC(=O)[C@H](CCC(=O)NCC(=O)NCC(=O)N[C@@H](Cc1ccccc1)C(=O)NCC(=O)NCOCC(=O)NCc1c2c(nc3cc(F)c(C)cc13)-c1cc3c(c(=O)n1C2)COC(=O)[C@]3(O)CC1CC1)NC(=O)CCCCCN1C(=O)C=CC1=O. The van der Waals surface area contributed by atoms with Gasteiger partial charge in [0.15, 0.2) is 5.60 Å². The summed E-state index contributed by atoms with van der Waals surface area (Å²) in [6.07, 6.45) is 4.91. The predicted molar refractivity (Wildman–Crippen MR) is 384 cm³/mol. The van der Waals surface area contributed by atoms with E-state index in [1.165, 1.54) is 22.8 Å². The van der Waals surface area contributed by atoms with Crippen molar-refractivity contribution < 1.29 is 110 Å². The maximum Gasteiger partial charge on any atom is 0.343 e. The average Bonchev–Trinajstić information content (AvgIpc) is 1.58. The van der Waals surface area contributed by atoms with E-state index in [0.717, 1.165) is 17.7 Å². The summed E-state index contributed by atoms with van der Waals surface area (Å²) in [6.45, 7) is 4.28. The molecule has 5 heterocycles. The van der Waals surface area contributed by atoms with E-state index in [1.807, 2.05) is 0 Å². The van der Waals surface area contributed by atoms with Gasteiger partial charge in [-0.1, -0.05) is 49.6 Å². The summed E-state index contributed by atoms with van der Waals surface area (Å²) >= 11 is 0. The zero-order valence-corrected chi connectivity index (χ0v) is 61.4. The van der Waals surface area contributed by atoms with Crippen molar-refractivity contribution in [3.63, 3.8) is 0 Å². The maximum absolute atomic E-state index is 15.1. The number of methoxy groups -OCH3 is 1. The van der Waals surface area contributed by atoms with Crippen LogP contribution in [0.1, 0.15) is 91.2 Å². The van der Waals surface area contributed by atoms with Crippen LogP contribution in [0.4, 0.5) is 4.39 Å². The fourth-order valence-electron chi connectivity index (χ4n) is 11.9. The Balaban J connectivity index is 0.714. The Morgan fingerprint density at radius 2 is 1.21 bits per heavy atom. The van der Waals surface area contributed by atoms with Gasteiger partial charge in [-0.3, -0.25) is 57.6 Å². The summed E-state index contributed by atoms with van der Waals surface area (Å²) in [7, 11) is 1.61. The molecule has 3 atom stereocenters. The molecule has 10 amide bonds. The first-order valence-electron chi connectivity index (χ1n) is 36.4. The molecule has 0 spiro atoms. The van der Waals surface area contributed by atoms with Gasteiger partial charge in [0, 0.05) is 80.7 Å². The number of rotatable bonds is 53. The van der Waals surface area contributed by atoms with Crippen molar-refractivity contribution in [3.05, 3.63) is 110 Å². The molecule has 35 heteroatoms. The van der Waals surface area contributed by atoms with Crippen molar-refractivity contribution in [2.75, 3.05) is 152 Å². The Bertz CT molecular complexity index is 3880. The minimum absolute atomic E-state index is 0.000254. The number of cyclic esters (lactones) is 1. The number of halogens is 1. The quantitative estimate of drug-likeness (QED) is 0.0101. The third-order valence-electron chi connectivity index (χ3n) is 17.9. The molecule has 1 aliphatic carbocycles. The van der Waals surface area contributed by atoms with E-state index in [4.69, 9.17) is 52.4 Å². The summed E-state index contributed by atoms with van der Waals surface area (Å²) in [5, 5.41) is 32.6. The molecule has 0 saturated heterocycles. The molecule has 3 aliphatic heterocycles. The second-order valence-corrected chi connectivity index (χ2v) is 26.1. The first kappa shape index (κ1) is 85.1. The Hall–Kier alpha value is -9.56. The zero-order chi connectivity index (χ0) is 77.9. The molecule has 4 aliphatic rings. The van der Waals surface area contributed by atoms with Gasteiger partial charge in [0.2, 0.25) is 47.3 Å². The van der Waals surface area contributed by atoms with E-state index in [0.29, 0.717) is 138 Å². The Labute approximate surface area is 628 Å². The van der Waals surface area contributed by atoms with E-state index in [-0.39, 0.29) is 107 Å². The summed E-state index contributed by atoms with van der Waals surface area (Å²) in [5.74, 6) is -7.55. The molecule has 0 unspecified atom stereocenters. The number of aliphatic hydroxyl groups is 1. The minimum Gasteiger partial charge on any atom is -0.458 e. The third-order valence-corrected chi connectivity index (χ3v) is 17.9.